The maximum Gasteiger partial charge on any atom is 0.411 e. The molecular weight excluding hydrogens is 290 g/mol. The summed E-state index contributed by atoms with van der Waals surface area (Å²) in [6.07, 6.45) is 0.263. The van der Waals surface area contributed by atoms with E-state index in [0.717, 1.165) is 22.6 Å². The Bertz CT molecular complexity index is 835. The van der Waals surface area contributed by atoms with Gasteiger partial charge in [-0.15, -0.1) is 0 Å². The van der Waals surface area contributed by atoms with Crippen molar-refractivity contribution >= 4 is 28.8 Å². The van der Waals surface area contributed by atoms with Crippen LogP contribution in [0.2, 0.25) is 0 Å². The molecule has 0 saturated carbocycles. The first-order chi connectivity index (χ1) is 11.3. The zero-order valence-electron chi connectivity index (χ0n) is 12.4. The highest BCUT2D eigenvalue weighted by atomic mass is 16.5. The highest BCUT2D eigenvalue weighted by Gasteiger charge is 2.06. The number of hydrogen-bond acceptors (Lipinski definition) is 3. The highest BCUT2D eigenvalue weighted by Crippen LogP contribution is 2.23. The van der Waals surface area contributed by atoms with Crippen LogP contribution in [0.5, 0.6) is 0 Å². The third-order valence-corrected chi connectivity index (χ3v) is 3.51. The smallest absolute Gasteiger partial charge is 0.411 e. The van der Waals surface area contributed by atoms with Crippen molar-refractivity contribution in [3.05, 3.63) is 77.9 Å². The van der Waals surface area contributed by atoms with Crippen molar-refractivity contribution in [1.82, 2.24) is 0 Å². The van der Waals surface area contributed by atoms with Crippen LogP contribution in [0, 0.1) is 0 Å². The van der Waals surface area contributed by atoms with Crippen molar-refractivity contribution in [1.29, 1.82) is 0 Å². The van der Waals surface area contributed by atoms with Gasteiger partial charge in [0.15, 0.2) is 0 Å². The first kappa shape index (κ1) is 14.8. The number of carbonyl (C=O) groups excluding carboxylic acids is 2. The fourth-order valence-corrected chi connectivity index (χ4v) is 2.32. The van der Waals surface area contributed by atoms with Gasteiger partial charge in [0.25, 0.3) is 0 Å². The van der Waals surface area contributed by atoms with Gasteiger partial charge in [-0.3, -0.25) is 10.1 Å². The summed E-state index contributed by atoms with van der Waals surface area (Å²) in [5.74, 6) is 0. The number of hydrogen-bond donors (Lipinski definition) is 1. The van der Waals surface area contributed by atoms with Crippen LogP contribution < -0.4 is 5.32 Å². The molecule has 0 aromatic heterocycles. The summed E-state index contributed by atoms with van der Waals surface area (Å²) < 4.78 is 5.22. The van der Waals surface area contributed by atoms with Crippen LogP contribution in [0.3, 0.4) is 0 Å². The largest absolute Gasteiger partial charge is 0.444 e. The second-order valence-corrected chi connectivity index (χ2v) is 5.09. The lowest BCUT2D eigenvalue weighted by Crippen LogP contribution is -2.13. The van der Waals surface area contributed by atoms with E-state index < -0.39 is 6.09 Å². The Labute approximate surface area is 133 Å². The molecule has 0 spiro atoms. The molecule has 0 aliphatic rings. The molecule has 3 rings (SSSR count). The van der Waals surface area contributed by atoms with Gasteiger partial charge in [-0.1, -0.05) is 60.7 Å². The second kappa shape index (κ2) is 6.75. The van der Waals surface area contributed by atoms with Crippen LogP contribution >= 0.6 is 0 Å². The van der Waals surface area contributed by atoms with E-state index in [1.165, 1.54) is 0 Å². The molecule has 0 unspecified atom stereocenters. The average molecular weight is 305 g/mol. The number of benzene rings is 3. The van der Waals surface area contributed by atoms with E-state index >= 15 is 0 Å². The van der Waals surface area contributed by atoms with E-state index in [1.54, 1.807) is 24.3 Å². The number of fused-ring (bicyclic) bond motifs is 1. The van der Waals surface area contributed by atoms with Crippen molar-refractivity contribution in [2.24, 2.45) is 0 Å². The first-order valence-corrected chi connectivity index (χ1v) is 7.22. The molecule has 3 aromatic rings. The van der Waals surface area contributed by atoms with Crippen LogP contribution in [0.25, 0.3) is 10.8 Å². The predicted octanol–water partition coefficient (Wildman–Crippen LogP) is 4.40. The molecule has 0 saturated heterocycles. The number of amides is 1. The summed E-state index contributed by atoms with van der Waals surface area (Å²) in [5.41, 5.74) is 2.13. The number of carbonyl (C=O) groups is 2. The summed E-state index contributed by atoms with van der Waals surface area (Å²) in [6.45, 7) is 0.149. The molecule has 1 N–H and O–H groups in total. The van der Waals surface area contributed by atoms with Crippen LogP contribution in [0.15, 0.2) is 66.7 Å². The van der Waals surface area contributed by atoms with E-state index in [4.69, 9.17) is 4.74 Å². The van der Waals surface area contributed by atoms with E-state index in [9.17, 15) is 9.59 Å². The molecule has 0 radical (unpaired) electrons. The standard InChI is InChI=1S/C19H15NO3/c21-12-14-8-10-15(11-9-14)13-23-19(22)20-18-7-3-5-16-4-1-2-6-17(16)18/h1-12H,13H2,(H,20,22). The van der Waals surface area contributed by atoms with E-state index in [-0.39, 0.29) is 6.61 Å². The normalized spacial score (nSPS) is 10.3. The Balaban J connectivity index is 1.65. The quantitative estimate of drug-likeness (QED) is 0.727. The summed E-state index contributed by atoms with van der Waals surface area (Å²) >= 11 is 0. The van der Waals surface area contributed by atoms with Crippen LogP contribution in [0.1, 0.15) is 15.9 Å². The number of rotatable bonds is 4. The van der Waals surface area contributed by atoms with Gasteiger partial charge in [0.05, 0.1) is 5.69 Å². The molecule has 0 heterocycles. The van der Waals surface area contributed by atoms with E-state index in [0.29, 0.717) is 11.3 Å². The van der Waals surface area contributed by atoms with E-state index in [1.807, 2.05) is 42.5 Å². The summed E-state index contributed by atoms with van der Waals surface area (Å²) in [5, 5.41) is 4.77. The summed E-state index contributed by atoms with van der Waals surface area (Å²) in [6, 6.07) is 20.4. The number of nitrogens with one attached hydrogen (secondary N) is 1. The van der Waals surface area contributed by atoms with Crippen molar-refractivity contribution < 1.29 is 14.3 Å². The fourth-order valence-electron chi connectivity index (χ4n) is 2.32. The zero-order valence-corrected chi connectivity index (χ0v) is 12.4. The second-order valence-electron chi connectivity index (χ2n) is 5.09. The van der Waals surface area contributed by atoms with Gasteiger partial charge < -0.3 is 4.74 Å². The van der Waals surface area contributed by atoms with E-state index in [2.05, 4.69) is 5.32 Å². The van der Waals surface area contributed by atoms with Gasteiger partial charge >= 0.3 is 6.09 Å². The first-order valence-electron chi connectivity index (χ1n) is 7.22. The Morgan fingerprint density at radius 1 is 0.957 bits per heavy atom. The lowest BCUT2D eigenvalue weighted by Gasteiger charge is -2.09. The van der Waals surface area contributed by atoms with Gasteiger partial charge in [0, 0.05) is 10.9 Å². The van der Waals surface area contributed by atoms with Gasteiger partial charge in [0.2, 0.25) is 0 Å². The molecule has 0 atom stereocenters. The predicted molar refractivity (Wildman–Crippen MR) is 89.6 cm³/mol. The Hall–Kier alpha value is -3.14. The van der Waals surface area contributed by atoms with Crippen LogP contribution in [-0.4, -0.2) is 12.4 Å². The lowest BCUT2D eigenvalue weighted by atomic mass is 10.1. The minimum atomic E-state index is -0.513. The SMILES string of the molecule is O=Cc1ccc(COC(=O)Nc2cccc3ccccc23)cc1. The molecule has 0 fully saturated rings. The Kier molecular flexibility index (Phi) is 4.34. The maximum atomic E-state index is 12.0. The number of ether oxygens (including phenoxy) is 1. The van der Waals surface area contributed by atoms with Crippen molar-refractivity contribution in [3.63, 3.8) is 0 Å². The molecule has 0 bridgehead atoms. The fraction of sp³-hybridized carbons (Fsp3) is 0.0526. The highest BCUT2D eigenvalue weighted by molar-refractivity contribution is 6.00. The maximum absolute atomic E-state index is 12.0. The monoisotopic (exact) mass is 305 g/mol. The molecule has 0 aliphatic heterocycles. The summed E-state index contributed by atoms with van der Waals surface area (Å²) in [7, 11) is 0. The molecule has 1 amide bonds. The summed E-state index contributed by atoms with van der Waals surface area (Å²) in [4.78, 5) is 22.6. The third kappa shape index (κ3) is 3.55. The van der Waals surface area contributed by atoms with Gasteiger partial charge in [0.1, 0.15) is 12.9 Å². The molecule has 23 heavy (non-hydrogen) atoms. The van der Waals surface area contributed by atoms with Crippen LogP contribution in [-0.2, 0) is 11.3 Å². The minimum absolute atomic E-state index is 0.149. The van der Waals surface area contributed by atoms with Crippen molar-refractivity contribution in [2.45, 2.75) is 6.61 Å². The molecule has 4 nitrogen and oxygen atoms in total. The molecular formula is C19H15NO3. The lowest BCUT2D eigenvalue weighted by molar-refractivity contribution is 0.112. The number of anilines is 1. The Morgan fingerprint density at radius 3 is 2.48 bits per heavy atom. The minimum Gasteiger partial charge on any atom is -0.444 e. The molecule has 114 valence electrons. The number of aldehydes is 1. The molecule has 0 aliphatic carbocycles. The van der Waals surface area contributed by atoms with Gasteiger partial charge in [-0.25, -0.2) is 4.79 Å². The Morgan fingerprint density at radius 2 is 1.70 bits per heavy atom. The average Bonchev–Trinajstić information content (AvgIpc) is 2.61. The van der Waals surface area contributed by atoms with Crippen LogP contribution in [0.4, 0.5) is 10.5 Å². The topological polar surface area (TPSA) is 55.4 Å². The molecule has 4 heteroatoms. The van der Waals surface area contributed by atoms with Gasteiger partial charge in [-0.2, -0.15) is 0 Å². The zero-order chi connectivity index (χ0) is 16.1. The third-order valence-electron chi connectivity index (χ3n) is 3.51. The van der Waals surface area contributed by atoms with Crippen molar-refractivity contribution in [3.8, 4) is 0 Å². The molecule has 3 aromatic carbocycles. The van der Waals surface area contributed by atoms with Gasteiger partial charge in [-0.05, 0) is 17.0 Å². The van der Waals surface area contributed by atoms with Crippen molar-refractivity contribution in [2.75, 3.05) is 5.32 Å².